The molecule has 1 rings (SSSR count). The molecule has 2 amide bonds. The zero-order valence-corrected chi connectivity index (χ0v) is 11.0. The highest BCUT2D eigenvalue weighted by Crippen LogP contribution is 2.05. The molecule has 100 valence electrons. The quantitative estimate of drug-likeness (QED) is 0.700. The molecule has 1 heterocycles. The molecule has 3 N–H and O–H groups in total. The van der Waals surface area contributed by atoms with Crippen molar-refractivity contribution in [1.29, 1.82) is 0 Å². The number of hydrogen-bond acceptors (Lipinski definition) is 4. The molecule has 0 aliphatic rings. The summed E-state index contributed by atoms with van der Waals surface area (Å²) in [6, 6.07) is -0.245. The van der Waals surface area contributed by atoms with Crippen molar-refractivity contribution in [1.82, 2.24) is 15.6 Å². The average molecular weight is 271 g/mol. The van der Waals surface area contributed by atoms with Crippen molar-refractivity contribution in [3.63, 3.8) is 0 Å². The number of carbonyl (C=O) groups excluding carboxylic acids is 1. The second-order valence-corrected chi connectivity index (χ2v) is 5.04. The summed E-state index contributed by atoms with van der Waals surface area (Å²) < 4.78 is 0. The van der Waals surface area contributed by atoms with Gasteiger partial charge in [-0.25, -0.2) is 4.79 Å². The van der Waals surface area contributed by atoms with Gasteiger partial charge in [0.25, 0.3) is 0 Å². The topological polar surface area (TPSA) is 91.3 Å². The number of carboxylic acid groups (broad SMARTS) is 1. The van der Waals surface area contributed by atoms with Crippen LogP contribution in [0.4, 0.5) is 4.79 Å². The van der Waals surface area contributed by atoms with Gasteiger partial charge < -0.3 is 15.7 Å². The largest absolute Gasteiger partial charge is 0.481 e. The molecule has 0 spiro atoms. The number of rotatable bonds is 7. The lowest BCUT2D eigenvalue weighted by Crippen LogP contribution is -2.37. The Hall–Kier alpha value is -1.63. The summed E-state index contributed by atoms with van der Waals surface area (Å²) in [4.78, 5) is 26.7. The number of hydrogen-bond donors (Lipinski definition) is 3. The molecular weight excluding hydrogens is 254 g/mol. The molecule has 0 saturated carbocycles. The highest BCUT2D eigenvalue weighted by molar-refractivity contribution is 7.09. The smallest absolute Gasteiger partial charge is 0.315 e. The number of carboxylic acids is 1. The van der Waals surface area contributed by atoms with Gasteiger partial charge in [-0.3, -0.25) is 9.78 Å². The number of nitrogens with one attached hydrogen (secondary N) is 2. The summed E-state index contributed by atoms with van der Waals surface area (Å²) in [5.41, 5.74) is 1.71. The maximum atomic E-state index is 11.4. The zero-order chi connectivity index (χ0) is 13.4. The van der Waals surface area contributed by atoms with Crippen LogP contribution in [0.1, 0.15) is 24.6 Å². The number of aromatic nitrogens is 1. The normalized spacial score (nSPS) is 11.8. The lowest BCUT2D eigenvalue weighted by atomic mass is 10.1. The monoisotopic (exact) mass is 271 g/mol. The molecule has 0 aliphatic carbocycles. The van der Waals surface area contributed by atoms with Crippen molar-refractivity contribution < 1.29 is 14.7 Å². The van der Waals surface area contributed by atoms with Crippen LogP contribution < -0.4 is 10.6 Å². The van der Waals surface area contributed by atoms with Crippen LogP contribution in [0.3, 0.4) is 0 Å². The Morgan fingerprint density at radius 2 is 2.28 bits per heavy atom. The summed E-state index contributed by atoms with van der Waals surface area (Å²) in [5.74, 6) is -0.660. The van der Waals surface area contributed by atoms with Gasteiger partial charge in [0.05, 0.1) is 12.1 Å². The van der Waals surface area contributed by atoms with E-state index in [1.165, 1.54) is 11.3 Å². The minimum atomic E-state index is -0.809. The van der Waals surface area contributed by atoms with E-state index < -0.39 is 5.97 Å². The van der Waals surface area contributed by atoms with Crippen LogP contribution in [-0.2, 0) is 11.3 Å². The Morgan fingerprint density at radius 1 is 1.50 bits per heavy atom. The van der Waals surface area contributed by atoms with Crippen molar-refractivity contribution in [2.24, 2.45) is 5.92 Å². The lowest BCUT2D eigenvalue weighted by Gasteiger charge is -2.11. The number of aliphatic carboxylic acids is 1. The second-order valence-electron chi connectivity index (χ2n) is 4.07. The van der Waals surface area contributed by atoms with Crippen LogP contribution in [-0.4, -0.2) is 28.6 Å². The van der Waals surface area contributed by atoms with E-state index >= 15 is 0 Å². The van der Waals surface area contributed by atoms with Gasteiger partial charge in [-0.05, 0) is 12.3 Å². The van der Waals surface area contributed by atoms with Gasteiger partial charge in [-0.15, -0.1) is 11.3 Å². The summed E-state index contributed by atoms with van der Waals surface area (Å²) >= 11 is 1.48. The van der Waals surface area contributed by atoms with Crippen LogP contribution in [0.25, 0.3) is 0 Å². The minimum absolute atomic E-state index is 0.130. The number of carbonyl (C=O) groups is 2. The van der Waals surface area contributed by atoms with Crippen molar-refractivity contribution in [3.8, 4) is 0 Å². The third kappa shape index (κ3) is 6.19. The molecule has 18 heavy (non-hydrogen) atoms. The maximum Gasteiger partial charge on any atom is 0.315 e. The molecule has 6 nitrogen and oxygen atoms in total. The lowest BCUT2D eigenvalue weighted by molar-refractivity contribution is -0.137. The Balaban J connectivity index is 2.11. The van der Waals surface area contributed by atoms with Crippen molar-refractivity contribution in [2.45, 2.75) is 26.3 Å². The number of thiazole rings is 1. The van der Waals surface area contributed by atoms with Crippen LogP contribution >= 0.6 is 11.3 Å². The van der Waals surface area contributed by atoms with Gasteiger partial charge in [-0.1, -0.05) is 6.92 Å². The molecular formula is C11H17N3O3S. The van der Waals surface area contributed by atoms with Gasteiger partial charge in [0, 0.05) is 24.0 Å². The SMILES string of the molecule is CC(CCC(=O)O)CNC(=O)NCc1cncs1. The number of nitrogens with zero attached hydrogens (tertiary/aromatic N) is 1. The Bertz CT molecular complexity index is 381. The highest BCUT2D eigenvalue weighted by atomic mass is 32.1. The Labute approximate surface area is 109 Å². The van der Waals surface area contributed by atoms with E-state index in [-0.39, 0.29) is 18.4 Å². The van der Waals surface area contributed by atoms with Gasteiger partial charge in [0.1, 0.15) is 0 Å². The molecule has 0 saturated heterocycles. The second kappa shape index (κ2) is 7.65. The van der Waals surface area contributed by atoms with Crippen molar-refractivity contribution in [2.75, 3.05) is 6.54 Å². The first-order chi connectivity index (χ1) is 8.58. The van der Waals surface area contributed by atoms with Gasteiger partial charge >= 0.3 is 12.0 Å². The molecule has 1 atom stereocenters. The van der Waals surface area contributed by atoms with Crippen LogP contribution in [0.5, 0.6) is 0 Å². The van der Waals surface area contributed by atoms with E-state index in [2.05, 4.69) is 15.6 Å². The standard InChI is InChI=1S/C11H17N3O3S/c1-8(2-3-10(15)16)4-13-11(17)14-6-9-5-12-7-18-9/h5,7-8H,2-4,6H2,1H3,(H,15,16)(H2,13,14,17). The highest BCUT2D eigenvalue weighted by Gasteiger charge is 2.07. The molecule has 1 aromatic rings. The first-order valence-electron chi connectivity index (χ1n) is 5.68. The van der Waals surface area contributed by atoms with E-state index in [1.807, 2.05) is 6.92 Å². The summed E-state index contributed by atoms with van der Waals surface area (Å²) in [5, 5.41) is 13.9. The Morgan fingerprint density at radius 3 is 2.89 bits per heavy atom. The Kier molecular flexibility index (Phi) is 6.13. The third-order valence-electron chi connectivity index (χ3n) is 2.37. The molecule has 0 aliphatic heterocycles. The summed E-state index contributed by atoms with van der Waals surface area (Å²) in [6.07, 6.45) is 2.40. The van der Waals surface area contributed by atoms with Gasteiger partial charge in [0.15, 0.2) is 0 Å². The van der Waals surface area contributed by atoms with E-state index in [1.54, 1.807) is 11.7 Å². The first kappa shape index (κ1) is 14.4. The van der Waals surface area contributed by atoms with Crippen molar-refractivity contribution >= 4 is 23.3 Å². The molecule has 0 bridgehead atoms. The molecule has 1 aromatic heterocycles. The fourth-order valence-corrected chi connectivity index (χ4v) is 1.83. The number of amides is 2. The van der Waals surface area contributed by atoms with Crippen LogP contribution in [0.2, 0.25) is 0 Å². The predicted octanol–water partition coefficient (Wildman–Crippen LogP) is 1.44. The van der Waals surface area contributed by atoms with Gasteiger partial charge in [-0.2, -0.15) is 0 Å². The molecule has 0 aromatic carbocycles. The fourth-order valence-electron chi connectivity index (χ4n) is 1.30. The van der Waals surface area contributed by atoms with E-state index in [0.29, 0.717) is 19.5 Å². The average Bonchev–Trinajstić information content (AvgIpc) is 2.84. The maximum absolute atomic E-state index is 11.4. The first-order valence-corrected chi connectivity index (χ1v) is 6.56. The zero-order valence-electron chi connectivity index (χ0n) is 10.2. The van der Waals surface area contributed by atoms with Crippen molar-refractivity contribution in [3.05, 3.63) is 16.6 Å². The molecule has 0 radical (unpaired) electrons. The third-order valence-corrected chi connectivity index (χ3v) is 3.15. The minimum Gasteiger partial charge on any atom is -0.481 e. The molecule has 1 unspecified atom stereocenters. The summed E-state index contributed by atoms with van der Waals surface area (Å²) in [7, 11) is 0. The van der Waals surface area contributed by atoms with Gasteiger partial charge in [0.2, 0.25) is 0 Å². The molecule has 7 heteroatoms. The van der Waals surface area contributed by atoms with E-state index in [9.17, 15) is 9.59 Å². The van der Waals surface area contributed by atoms with E-state index in [0.717, 1.165) is 4.88 Å². The predicted molar refractivity (Wildman–Crippen MR) is 68.4 cm³/mol. The van der Waals surface area contributed by atoms with Crippen LogP contribution in [0.15, 0.2) is 11.7 Å². The van der Waals surface area contributed by atoms with E-state index in [4.69, 9.17) is 5.11 Å². The summed E-state index contributed by atoms with van der Waals surface area (Å²) in [6.45, 7) is 2.84. The fraction of sp³-hybridized carbons (Fsp3) is 0.545. The van der Waals surface area contributed by atoms with Crippen LogP contribution in [0, 0.1) is 5.92 Å². The number of urea groups is 1. The molecule has 0 fully saturated rings.